The zero-order valence-electron chi connectivity index (χ0n) is 15.0. The van der Waals surface area contributed by atoms with Gasteiger partial charge in [0.2, 0.25) is 10.0 Å². The third-order valence-electron chi connectivity index (χ3n) is 4.11. The molecule has 0 aliphatic carbocycles. The highest BCUT2D eigenvalue weighted by Gasteiger charge is 2.20. The molecule has 142 valence electrons. The van der Waals surface area contributed by atoms with Gasteiger partial charge in [0.05, 0.1) is 24.1 Å². The lowest BCUT2D eigenvalue weighted by Crippen LogP contribution is -2.22. The van der Waals surface area contributed by atoms with Gasteiger partial charge in [-0.3, -0.25) is 9.36 Å². The minimum Gasteiger partial charge on any atom is -0.497 e. The summed E-state index contributed by atoms with van der Waals surface area (Å²) in [5.74, 6) is -0.506. The Morgan fingerprint density at radius 2 is 1.93 bits per heavy atom. The summed E-state index contributed by atoms with van der Waals surface area (Å²) in [5.41, 5.74) is 0.831. The molecule has 0 bridgehead atoms. The van der Waals surface area contributed by atoms with E-state index in [1.165, 1.54) is 44.0 Å². The summed E-state index contributed by atoms with van der Waals surface area (Å²) in [6.45, 7) is -0.237. The molecular formula is C18H18N2O6S. The molecule has 8 nitrogen and oxygen atoms in total. The summed E-state index contributed by atoms with van der Waals surface area (Å²) in [4.78, 5) is 24.7. The van der Waals surface area contributed by atoms with E-state index in [0.717, 1.165) is 4.31 Å². The van der Waals surface area contributed by atoms with Crippen LogP contribution in [0.15, 0.2) is 56.6 Å². The lowest BCUT2D eigenvalue weighted by atomic mass is 10.1. The molecule has 2 aromatic carbocycles. The van der Waals surface area contributed by atoms with Gasteiger partial charge in [-0.2, -0.15) is 0 Å². The number of Topliss-reactive ketones (excluding diaryl/α,β-unsaturated/α-hetero) is 1. The minimum absolute atomic E-state index is 0.0000206. The number of nitrogens with zero attached hydrogens (tertiary/aromatic N) is 2. The molecule has 0 aliphatic heterocycles. The van der Waals surface area contributed by atoms with Gasteiger partial charge in [-0.15, -0.1) is 0 Å². The zero-order valence-corrected chi connectivity index (χ0v) is 15.8. The first-order chi connectivity index (χ1) is 12.7. The number of methoxy groups -OCH3 is 1. The van der Waals surface area contributed by atoms with E-state index in [4.69, 9.17) is 9.15 Å². The van der Waals surface area contributed by atoms with Gasteiger partial charge >= 0.3 is 5.76 Å². The predicted molar refractivity (Wildman–Crippen MR) is 98.7 cm³/mol. The highest BCUT2D eigenvalue weighted by molar-refractivity contribution is 7.89. The predicted octanol–water partition coefficient (Wildman–Crippen LogP) is 1.74. The van der Waals surface area contributed by atoms with Gasteiger partial charge in [-0.05, 0) is 24.3 Å². The van der Waals surface area contributed by atoms with Crippen molar-refractivity contribution < 1.29 is 22.4 Å². The van der Waals surface area contributed by atoms with Gasteiger partial charge in [0.1, 0.15) is 5.75 Å². The Labute approximate surface area is 155 Å². The van der Waals surface area contributed by atoms with E-state index in [1.807, 2.05) is 0 Å². The average molecular weight is 390 g/mol. The number of hydrogen-bond acceptors (Lipinski definition) is 6. The molecule has 0 amide bonds. The van der Waals surface area contributed by atoms with Crippen LogP contribution in [0.1, 0.15) is 10.4 Å². The summed E-state index contributed by atoms with van der Waals surface area (Å²) in [5, 5.41) is 0. The highest BCUT2D eigenvalue weighted by atomic mass is 32.2. The first-order valence-corrected chi connectivity index (χ1v) is 9.41. The summed E-state index contributed by atoms with van der Waals surface area (Å²) < 4.78 is 36.9. The molecule has 0 saturated heterocycles. The number of ketones is 1. The number of oxazole rings is 1. The molecule has 0 radical (unpaired) electrons. The third-order valence-corrected chi connectivity index (χ3v) is 5.92. The molecule has 0 unspecified atom stereocenters. The number of carbonyl (C=O) groups excluding carboxylic acids is 1. The van der Waals surface area contributed by atoms with Crippen molar-refractivity contribution in [2.45, 2.75) is 11.4 Å². The fraction of sp³-hybridized carbons (Fsp3) is 0.222. The monoisotopic (exact) mass is 390 g/mol. The summed E-state index contributed by atoms with van der Waals surface area (Å²) in [6.07, 6.45) is 0. The quantitative estimate of drug-likeness (QED) is 0.595. The number of rotatable bonds is 6. The molecule has 0 spiro atoms. The van der Waals surface area contributed by atoms with Crippen molar-refractivity contribution in [1.29, 1.82) is 0 Å². The van der Waals surface area contributed by atoms with Gasteiger partial charge < -0.3 is 9.15 Å². The van der Waals surface area contributed by atoms with Crippen molar-refractivity contribution in [2.24, 2.45) is 0 Å². The van der Waals surface area contributed by atoms with Gasteiger partial charge in [0.25, 0.3) is 0 Å². The van der Waals surface area contributed by atoms with Crippen LogP contribution in [0.4, 0.5) is 0 Å². The molecular weight excluding hydrogens is 372 g/mol. The number of fused-ring (bicyclic) bond motifs is 1. The Balaban J connectivity index is 1.99. The maximum absolute atomic E-state index is 12.5. The van der Waals surface area contributed by atoms with Crippen LogP contribution in [0.2, 0.25) is 0 Å². The van der Waals surface area contributed by atoms with Gasteiger partial charge in [0.15, 0.2) is 11.4 Å². The van der Waals surface area contributed by atoms with Crippen LogP contribution in [0.5, 0.6) is 5.75 Å². The number of sulfonamides is 1. The van der Waals surface area contributed by atoms with Crippen molar-refractivity contribution in [3.8, 4) is 5.75 Å². The third kappa shape index (κ3) is 3.51. The molecule has 0 N–H and O–H groups in total. The maximum atomic E-state index is 12.5. The Morgan fingerprint density at radius 1 is 1.19 bits per heavy atom. The Hall–Kier alpha value is -2.91. The number of aromatic nitrogens is 1. The first-order valence-electron chi connectivity index (χ1n) is 7.97. The van der Waals surface area contributed by atoms with Crippen molar-refractivity contribution in [2.75, 3.05) is 21.2 Å². The topological polar surface area (TPSA) is 98.8 Å². The second kappa shape index (κ2) is 7.01. The lowest BCUT2D eigenvalue weighted by Gasteiger charge is -2.10. The lowest BCUT2D eigenvalue weighted by molar-refractivity contribution is 0.0970. The van der Waals surface area contributed by atoms with Crippen LogP contribution >= 0.6 is 0 Å². The van der Waals surface area contributed by atoms with E-state index in [0.29, 0.717) is 16.8 Å². The zero-order chi connectivity index (χ0) is 19.8. The van der Waals surface area contributed by atoms with E-state index in [2.05, 4.69) is 0 Å². The second-order valence-electron chi connectivity index (χ2n) is 6.03. The van der Waals surface area contributed by atoms with Crippen LogP contribution in [-0.4, -0.2) is 44.3 Å². The second-order valence-corrected chi connectivity index (χ2v) is 8.18. The highest BCUT2D eigenvalue weighted by Crippen LogP contribution is 2.21. The van der Waals surface area contributed by atoms with Gasteiger partial charge in [-0.25, -0.2) is 17.5 Å². The fourth-order valence-corrected chi connectivity index (χ4v) is 3.52. The summed E-state index contributed by atoms with van der Waals surface area (Å²) in [7, 11) is 0.653. The van der Waals surface area contributed by atoms with Crippen LogP contribution in [0.3, 0.4) is 0 Å². The van der Waals surface area contributed by atoms with Crippen LogP contribution in [0.25, 0.3) is 11.1 Å². The van der Waals surface area contributed by atoms with Crippen LogP contribution in [0, 0.1) is 0 Å². The Kier molecular flexibility index (Phi) is 4.90. The summed E-state index contributed by atoms with van der Waals surface area (Å²) in [6, 6.07) is 10.7. The number of carbonyl (C=O) groups is 1. The molecule has 0 saturated carbocycles. The Morgan fingerprint density at radius 3 is 2.59 bits per heavy atom. The van der Waals surface area contributed by atoms with E-state index in [-0.39, 0.29) is 22.8 Å². The largest absolute Gasteiger partial charge is 0.497 e. The average Bonchev–Trinajstić information content (AvgIpc) is 2.96. The molecule has 3 rings (SSSR count). The minimum atomic E-state index is -3.66. The maximum Gasteiger partial charge on any atom is 0.420 e. The molecule has 0 aliphatic rings. The van der Waals surface area contributed by atoms with E-state index in [9.17, 15) is 18.0 Å². The fourth-order valence-electron chi connectivity index (χ4n) is 2.60. The molecule has 9 heteroatoms. The number of hydrogen-bond donors (Lipinski definition) is 0. The van der Waals surface area contributed by atoms with E-state index in [1.54, 1.807) is 24.3 Å². The van der Waals surface area contributed by atoms with Crippen molar-refractivity contribution >= 4 is 26.9 Å². The number of ether oxygens (including phenoxy) is 1. The normalized spacial score (nSPS) is 11.9. The van der Waals surface area contributed by atoms with Gasteiger partial charge in [0, 0.05) is 25.7 Å². The molecule has 0 atom stereocenters. The first kappa shape index (κ1) is 18.9. The Bertz CT molecular complexity index is 1170. The molecule has 27 heavy (non-hydrogen) atoms. The standard InChI is InChI=1S/C18H18N2O6S/c1-19(2)27(23,24)14-7-8-15-17(10-14)26-18(22)20(15)11-16(21)12-5-4-6-13(9-12)25-3/h4-10H,11H2,1-3H3. The molecule has 3 aromatic rings. The van der Waals surface area contributed by atoms with Crippen molar-refractivity contribution in [3.05, 3.63) is 58.6 Å². The summed E-state index contributed by atoms with van der Waals surface area (Å²) >= 11 is 0. The smallest absolute Gasteiger partial charge is 0.420 e. The van der Waals surface area contributed by atoms with Crippen LogP contribution < -0.4 is 10.5 Å². The van der Waals surface area contributed by atoms with Crippen molar-refractivity contribution in [1.82, 2.24) is 8.87 Å². The van der Waals surface area contributed by atoms with Gasteiger partial charge in [-0.1, -0.05) is 12.1 Å². The molecule has 1 aromatic heterocycles. The molecule has 0 fully saturated rings. The van der Waals surface area contributed by atoms with Crippen molar-refractivity contribution in [3.63, 3.8) is 0 Å². The SMILES string of the molecule is COc1cccc(C(=O)Cn2c(=O)oc3cc(S(=O)(=O)N(C)C)ccc32)c1. The molecule has 1 heterocycles. The van der Waals surface area contributed by atoms with E-state index < -0.39 is 15.8 Å². The number of benzene rings is 2. The van der Waals surface area contributed by atoms with Crippen LogP contribution in [-0.2, 0) is 16.6 Å². The van der Waals surface area contributed by atoms with E-state index >= 15 is 0 Å².